The van der Waals surface area contributed by atoms with Crippen LogP contribution in [0.1, 0.15) is 0 Å². The SMILES string of the molecule is C=CCNCC(=O)Nc1ccccc1[N+](=O)[O-]. The number of nitrogens with zero attached hydrogens (tertiary/aromatic N) is 1. The van der Waals surface area contributed by atoms with Gasteiger partial charge in [-0.15, -0.1) is 6.58 Å². The first kappa shape index (κ1) is 12.9. The molecule has 0 aromatic heterocycles. The second-order valence-electron chi connectivity index (χ2n) is 3.24. The second kappa shape index (κ2) is 6.39. The molecule has 2 N–H and O–H groups in total. The number of carbonyl (C=O) groups is 1. The van der Waals surface area contributed by atoms with E-state index in [-0.39, 0.29) is 23.8 Å². The minimum absolute atomic E-state index is 0.0814. The van der Waals surface area contributed by atoms with Crippen LogP contribution in [-0.4, -0.2) is 23.9 Å². The number of nitrogens with one attached hydrogen (secondary N) is 2. The highest BCUT2D eigenvalue weighted by Crippen LogP contribution is 2.22. The molecule has 0 radical (unpaired) electrons. The fourth-order valence-electron chi connectivity index (χ4n) is 1.22. The van der Waals surface area contributed by atoms with Crippen LogP contribution in [-0.2, 0) is 4.79 Å². The largest absolute Gasteiger partial charge is 0.319 e. The summed E-state index contributed by atoms with van der Waals surface area (Å²) < 4.78 is 0. The number of nitro groups is 1. The first-order valence-electron chi connectivity index (χ1n) is 5.00. The third kappa shape index (κ3) is 4.04. The molecular weight excluding hydrogens is 222 g/mol. The first-order valence-corrected chi connectivity index (χ1v) is 5.00. The zero-order chi connectivity index (χ0) is 12.7. The molecule has 1 aromatic rings. The molecule has 0 aliphatic rings. The number of carbonyl (C=O) groups excluding carboxylic acids is 1. The summed E-state index contributed by atoms with van der Waals surface area (Å²) in [6.07, 6.45) is 1.62. The van der Waals surface area contributed by atoms with Gasteiger partial charge in [-0.05, 0) is 6.07 Å². The van der Waals surface area contributed by atoms with E-state index in [1.807, 2.05) is 0 Å². The normalized spacial score (nSPS) is 9.65. The van der Waals surface area contributed by atoms with E-state index in [2.05, 4.69) is 17.2 Å². The molecule has 0 spiro atoms. The lowest BCUT2D eigenvalue weighted by atomic mass is 10.2. The summed E-state index contributed by atoms with van der Waals surface area (Å²) in [7, 11) is 0. The number of hydrogen-bond acceptors (Lipinski definition) is 4. The van der Waals surface area contributed by atoms with Crippen molar-refractivity contribution >= 4 is 17.3 Å². The van der Waals surface area contributed by atoms with Gasteiger partial charge in [0.2, 0.25) is 5.91 Å². The Balaban J connectivity index is 2.64. The lowest BCUT2D eigenvalue weighted by molar-refractivity contribution is -0.383. The maximum absolute atomic E-state index is 11.4. The van der Waals surface area contributed by atoms with Gasteiger partial charge < -0.3 is 10.6 Å². The highest BCUT2D eigenvalue weighted by atomic mass is 16.6. The standard InChI is InChI=1S/C11H13N3O3/c1-2-7-12-8-11(15)13-9-5-3-4-6-10(9)14(16)17/h2-6,12H,1,7-8H2,(H,13,15). The topological polar surface area (TPSA) is 84.3 Å². The lowest BCUT2D eigenvalue weighted by Crippen LogP contribution is -2.28. The maximum atomic E-state index is 11.4. The third-order valence-electron chi connectivity index (χ3n) is 1.95. The third-order valence-corrected chi connectivity index (χ3v) is 1.95. The van der Waals surface area contributed by atoms with Crippen LogP contribution in [0.2, 0.25) is 0 Å². The molecule has 0 aliphatic carbocycles. The number of para-hydroxylation sites is 2. The van der Waals surface area contributed by atoms with Gasteiger partial charge in [0.05, 0.1) is 11.5 Å². The molecule has 17 heavy (non-hydrogen) atoms. The highest BCUT2D eigenvalue weighted by molar-refractivity contribution is 5.94. The van der Waals surface area contributed by atoms with Crippen LogP contribution in [0.3, 0.4) is 0 Å². The van der Waals surface area contributed by atoms with Gasteiger partial charge in [-0.3, -0.25) is 14.9 Å². The molecule has 0 fully saturated rings. The Kier molecular flexibility index (Phi) is 4.83. The zero-order valence-corrected chi connectivity index (χ0v) is 9.18. The van der Waals surface area contributed by atoms with E-state index in [1.165, 1.54) is 12.1 Å². The summed E-state index contributed by atoms with van der Waals surface area (Å²) in [5, 5.41) is 16.0. The Morgan fingerprint density at radius 1 is 1.47 bits per heavy atom. The molecule has 0 bridgehead atoms. The highest BCUT2D eigenvalue weighted by Gasteiger charge is 2.13. The van der Waals surface area contributed by atoms with Crippen LogP contribution in [0.4, 0.5) is 11.4 Å². The maximum Gasteiger partial charge on any atom is 0.292 e. The van der Waals surface area contributed by atoms with Gasteiger partial charge in [0.1, 0.15) is 5.69 Å². The molecule has 0 atom stereocenters. The van der Waals surface area contributed by atoms with Crippen LogP contribution in [0, 0.1) is 10.1 Å². The smallest absolute Gasteiger partial charge is 0.292 e. The van der Waals surface area contributed by atoms with E-state index < -0.39 is 4.92 Å². The van der Waals surface area contributed by atoms with E-state index in [4.69, 9.17) is 0 Å². The minimum atomic E-state index is -0.535. The average molecular weight is 235 g/mol. The van der Waals surface area contributed by atoms with Crippen LogP contribution in [0.5, 0.6) is 0 Å². The van der Waals surface area contributed by atoms with Crippen LogP contribution in [0.25, 0.3) is 0 Å². The number of amides is 1. The molecule has 1 rings (SSSR count). The molecule has 6 nitrogen and oxygen atoms in total. The van der Waals surface area contributed by atoms with Crippen LogP contribution >= 0.6 is 0 Å². The lowest BCUT2D eigenvalue weighted by Gasteiger charge is -2.05. The van der Waals surface area contributed by atoms with Gasteiger partial charge in [-0.1, -0.05) is 18.2 Å². The molecule has 90 valence electrons. The van der Waals surface area contributed by atoms with Gasteiger partial charge in [-0.25, -0.2) is 0 Å². The molecule has 1 amide bonds. The molecule has 0 unspecified atom stereocenters. The average Bonchev–Trinajstić information content (AvgIpc) is 2.29. The molecular formula is C11H13N3O3. The van der Waals surface area contributed by atoms with E-state index in [9.17, 15) is 14.9 Å². The Morgan fingerprint density at radius 2 is 2.18 bits per heavy atom. The van der Waals surface area contributed by atoms with Crippen molar-refractivity contribution in [3.05, 3.63) is 47.0 Å². The molecule has 0 saturated heterocycles. The number of hydrogen-bond donors (Lipinski definition) is 2. The summed E-state index contributed by atoms with van der Waals surface area (Å²) >= 11 is 0. The van der Waals surface area contributed by atoms with Gasteiger partial charge in [-0.2, -0.15) is 0 Å². The number of anilines is 1. The number of nitro benzene ring substituents is 1. The molecule has 0 heterocycles. The monoisotopic (exact) mass is 235 g/mol. The minimum Gasteiger partial charge on any atom is -0.319 e. The van der Waals surface area contributed by atoms with Crippen LogP contribution in [0.15, 0.2) is 36.9 Å². The summed E-state index contributed by atoms with van der Waals surface area (Å²) in [4.78, 5) is 21.6. The summed E-state index contributed by atoms with van der Waals surface area (Å²) in [5.41, 5.74) is 0.0764. The van der Waals surface area contributed by atoms with Gasteiger partial charge in [0.15, 0.2) is 0 Å². The first-order chi connectivity index (χ1) is 8.15. The van der Waals surface area contributed by atoms with Crippen molar-refractivity contribution in [1.82, 2.24) is 5.32 Å². The van der Waals surface area contributed by atoms with E-state index in [1.54, 1.807) is 18.2 Å². The second-order valence-corrected chi connectivity index (χ2v) is 3.24. The Morgan fingerprint density at radius 3 is 2.82 bits per heavy atom. The van der Waals surface area contributed by atoms with Crippen molar-refractivity contribution in [3.8, 4) is 0 Å². The van der Waals surface area contributed by atoms with Crippen molar-refractivity contribution in [2.24, 2.45) is 0 Å². The van der Waals surface area contributed by atoms with Crippen molar-refractivity contribution < 1.29 is 9.72 Å². The van der Waals surface area contributed by atoms with E-state index in [0.29, 0.717) is 6.54 Å². The Bertz CT molecular complexity index is 432. The van der Waals surface area contributed by atoms with Gasteiger partial charge in [0, 0.05) is 12.6 Å². The Labute approximate surface area is 98.5 Å². The number of rotatable bonds is 6. The Hall–Kier alpha value is -2.21. The van der Waals surface area contributed by atoms with Crippen LogP contribution < -0.4 is 10.6 Å². The van der Waals surface area contributed by atoms with E-state index in [0.717, 1.165) is 0 Å². The quantitative estimate of drug-likeness (QED) is 0.337. The molecule has 0 aliphatic heterocycles. The fraction of sp³-hybridized carbons (Fsp3) is 0.182. The van der Waals surface area contributed by atoms with Gasteiger partial charge >= 0.3 is 0 Å². The van der Waals surface area contributed by atoms with Crippen molar-refractivity contribution in [3.63, 3.8) is 0 Å². The molecule has 6 heteroatoms. The molecule has 1 aromatic carbocycles. The predicted octanol–water partition coefficient (Wildman–Crippen LogP) is 1.31. The summed E-state index contributed by atoms with van der Waals surface area (Å²) in [5.74, 6) is -0.332. The van der Waals surface area contributed by atoms with E-state index >= 15 is 0 Å². The van der Waals surface area contributed by atoms with Crippen molar-refractivity contribution in [2.75, 3.05) is 18.4 Å². The number of benzene rings is 1. The summed E-state index contributed by atoms with van der Waals surface area (Å²) in [6, 6.07) is 6.00. The van der Waals surface area contributed by atoms with Crippen molar-refractivity contribution in [2.45, 2.75) is 0 Å². The predicted molar refractivity (Wildman–Crippen MR) is 64.8 cm³/mol. The van der Waals surface area contributed by atoms with Crippen molar-refractivity contribution in [1.29, 1.82) is 0 Å². The molecule has 0 saturated carbocycles. The zero-order valence-electron chi connectivity index (χ0n) is 9.18. The summed E-state index contributed by atoms with van der Waals surface area (Å²) in [6.45, 7) is 4.08. The fourth-order valence-corrected chi connectivity index (χ4v) is 1.22. The van der Waals surface area contributed by atoms with Gasteiger partial charge in [0.25, 0.3) is 5.69 Å².